The molecule has 190 valence electrons. The van der Waals surface area contributed by atoms with Crippen LogP contribution in [0.15, 0.2) is 36.8 Å². The van der Waals surface area contributed by atoms with Gasteiger partial charge >= 0.3 is 0 Å². The van der Waals surface area contributed by atoms with E-state index >= 15 is 0 Å². The third kappa shape index (κ3) is 3.77. The molecule has 37 heavy (non-hydrogen) atoms. The van der Waals surface area contributed by atoms with Crippen molar-refractivity contribution < 1.29 is 18.8 Å². The number of amides is 1. The van der Waals surface area contributed by atoms with Gasteiger partial charge in [0, 0.05) is 52.6 Å². The number of hydrogen-bond acceptors (Lipinski definition) is 8. The maximum absolute atomic E-state index is 12.8. The predicted octanol–water partition coefficient (Wildman–Crippen LogP) is 2.21. The lowest BCUT2D eigenvalue weighted by Crippen LogP contribution is -2.47. The number of nitrogen functional groups attached to an aromatic ring is 1. The number of aromatic nitrogens is 6. The van der Waals surface area contributed by atoms with E-state index in [1.165, 1.54) is 17.6 Å². The monoisotopic (exact) mass is 503 g/mol. The zero-order valence-corrected chi connectivity index (χ0v) is 20.2. The quantitative estimate of drug-likeness (QED) is 0.394. The van der Waals surface area contributed by atoms with Crippen molar-refractivity contribution in [2.24, 2.45) is 6.98 Å². The molecule has 0 spiro atoms. The van der Waals surface area contributed by atoms with Crippen molar-refractivity contribution in [1.29, 1.82) is 0 Å². The van der Waals surface area contributed by atoms with E-state index in [2.05, 4.69) is 15.2 Å². The summed E-state index contributed by atoms with van der Waals surface area (Å²) in [6.07, 6.45) is 7.61. The number of aliphatic hydroxyl groups excluding tert-OH is 1. The molecule has 6 rings (SSSR count). The Kier molecular flexibility index (Phi) is 4.74. The highest BCUT2D eigenvalue weighted by Crippen LogP contribution is 2.44. The molecule has 1 unspecified atom stereocenters. The van der Waals surface area contributed by atoms with Gasteiger partial charge in [0.05, 0.1) is 23.1 Å². The molecule has 0 aromatic carbocycles. The van der Waals surface area contributed by atoms with Gasteiger partial charge < -0.3 is 15.7 Å². The number of pyridine rings is 1. The van der Waals surface area contributed by atoms with Gasteiger partial charge in [0.15, 0.2) is 11.4 Å². The summed E-state index contributed by atoms with van der Waals surface area (Å²) in [5.74, 6) is -0.342. The number of nitrogens with two attached hydrogens (primary N) is 1. The fourth-order valence-electron chi connectivity index (χ4n) is 5.95. The number of fused-ring (bicyclic) bond motifs is 3. The number of Topliss-reactive ketones (excluding diaryl/α,β-unsaturated/α-hetero) is 1. The number of aliphatic hydroxyl groups is 1. The van der Waals surface area contributed by atoms with Gasteiger partial charge in [0.25, 0.3) is 0 Å². The Morgan fingerprint density at radius 2 is 1.95 bits per heavy atom. The molecule has 2 aliphatic heterocycles. The van der Waals surface area contributed by atoms with Gasteiger partial charge in [0.1, 0.15) is 18.1 Å². The molecule has 3 N–H and O–H groups in total. The van der Waals surface area contributed by atoms with Gasteiger partial charge in [-0.1, -0.05) is 6.07 Å². The first-order valence-electron chi connectivity index (χ1n) is 13.7. The van der Waals surface area contributed by atoms with Crippen molar-refractivity contribution in [2.75, 3.05) is 12.3 Å². The number of nitrogens with zero attached hydrogens (tertiary/aromatic N) is 7. The van der Waals surface area contributed by atoms with E-state index < -0.39 is 13.6 Å². The fraction of sp³-hybridized carbons (Fsp3) is 0.385. The summed E-state index contributed by atoms with van der Waals surface area (Å²) < 4.78 is 24.9. The lowest BCUT2D eigenvalue weighted by molar-refractivity contribution is -0.138. The van der Waals surface area contributed by atoms with Crippen molar-refractivity contribution in [3.63, 3.8) is 0 Å². The highest BCUT2D eigenvalue weighted by atomic mass is 16.3. The molecule has 11 heteroatoms. The molecule has 4 aromatic heterocycles. The molecule has 4 aromatic rings. The highest BCUT2D eigenvalue weighted by Gasteiger charge is 2.44. The average molecular weight is 504 g/mol. The molecular formula is C26H28N8O3. The summed E-state index contributed by atoms with van der Waals surface area (Å²) in [7, 11) is 0. The number of anilines is 1. The molecule has 11 nitrogen and oxygen atoms in total. The van der Waals surface area contributed by atoms with E-state index in [1.807, 2.05) is 6.07 Å². The Balaban J connectivity index is 1.37. The van der Waals surface area contributed by atoms with E-state index in [0.717, 1.165) is 17.5 Å². The molecule has 0 aliphatic carbocycles. The van der Waals surface area contributed by atoms with Crippen LogP contribution in [0.25, 0.3) is 28.2 Å². The predicted molar refractivity (Wildman–Crippen MR) is 136 cm³/mol. The van der Waals surface area contributed by atoms with Crippen LogP contribution < -0.4 is 5.73 Å². The number of hydrogen-bond donors (Lipinski definition) is 2. The second-order valence-corrected chi connectivity index (χ2v) is 9.70. The van der Waals surface area contributed by atoms with E-state index in [-0.39, 0.29) is 35.5 Å². The highest BCUT2D eigenvalue weighted by molar-refractivity contribution is 6.00. The van der Waals surface area contributed by atoms with E-state index in [1.54, 1.807) is 29.4 Å². The zero-order chi connectivity index (χ0) is 28.3. The van der Waals surface area contributed by atoms with Crippen LogP contribution in [0.1, 0.15) is 58.7 Å². The summed E-state index contributed by atoms with van der Waals surface area (Å²) in [5.41, 5.74) is 10.3. The largest absolute Gasteiger partial charge is 0.387 e. The Morgan fingerprint density at radius 3 is 2.57 bits per heavy atom. The molecule has 0 saturated carbocycles. The van der Waals surface area contributed by atoms with Gasteiger partial charge in [0.2, 0.25) is 5.91 Å². The smallest absolute Gasteiger partial charge is 0.248 e. The van der Waals surface area contributed by atoms with Crippen LogP contribution in [0.3, 0.4) is 0 Å². The summed E-state index contributed by atoms with van der Waals surface area (Å²) >= 11 is 0. The van der Waals surface area contributed by atoms with Crippen LogP contribution in [0.5, 0.6) is 0 Å². The molecule has 0 radical (unpaired) electrons. The molecule has 1 amide bonds. The Bertz CT molecular complexity index is 1610. The van der Waals surface area contributed by atoms with Gasteiger partial charge in [-0.3, -0.25) is 19.3 Å². The molecule has 2 fully saturated rings. The molecule has 2 saturated heterocycles. The third-order valence-electron chi connectivity index (χ3n) is 7.53. The van der Waals surface area contributed by atoms with Crippen LogP contribution in [0.2, 0.25) is 0 Å². The second kappa shape index (κ2) is 8.77. The van der Waals surface area contributed by atoms with Gasteiger partial charge in [-0.25, -0.2) is 4.98 Å². The minimum atomic E-state index is -2.37. The normalized spacial score (nSPS) is 22.6. The van der Waals surface area contributed by atoms with Crippen LogP contribution in [-0.2, 0) is 11.8 Å². The number of carbonyl (C=O) groups is 2. The maximum Gasteiger partial charge on any atom is 0.248 e. The number of rotatable bonds is 5. The zero-order valence-electron chi connectivity index (χ0n) is 23.2. The summed E-state index contributed by atoms with van der Waals surface area (Å²) in [6.45, 7) is -1.43. The van der Waals surface area contributed by atoms with Crippen LogP contribution in [-0.4, -0.2) is 69.7 Å². The van der Waals surface area contributed by atoms with Crippen molar-refractivity contribution in [3.05, 3.63) is 48.0 Å². The first-order valence-corrected chi connectivity index (χ1v) is 12.2. The summed E-state index contributed by atoms with van der Waals surface area (Å²) in [5, 5.41) is 18.0. The lowest BCUT2D eigenvalue weighted by atomic mass is 9.85. The SMILES string of the molecule is [2H]C([2H])([2H])n1ccc(-c2ccc(-c3cnn4c(N)c(C(C)=O)c(C5C[C@H]6CC[C@@H](C5)N6C(=O)CO)nc34)cn2)n1. The number of ketones is 1. The van der Waals surface area contributed by atoms with E-state index in [9.17, 15) is 14.7 Å². The van der Waals surface area contributed by atoms with E-state index in [4.69, 9.17) is 14.8 Å². The second-order valence-electron chi connectivity index (χ2n) is 9.70. The standard InChI is InChI=1S/C26H28N8O3/c1-14(36)23-24(16-9-17-4-5-18(10-16)33(17)22(37)13-35)30-26-19(12-29-34(26)25(23)27)15-3-6-20(28-11-15)21-7-8-32(2)31-21/h3,6-8,11-12,16-18,35H,4-5,9-10,13,27H2,1-2H3/t16?,17-,18+/i2D3. The summed E-state index contributed by atoms with van der Waals surface area (Å²) in [6, 6.07) is 5.12. The van der Waals surface area contributed by atoms with Crippen molar-refractivity contribution >= 4 is 23.2 Å². The van der Waals surface area contributed by atoms with Crippen LogP contribution in [0, 0.1) is 0 Å². The van der Waals surface area contributed by atoms with Gasteiger partial charge in [-0.05, 0) is 44.7 Å². The molecule has 2 aliphatic rings. The summed E-state index contributed by atoms with van der Waals surface area (Å²) in [4.78, 5) is 36.3. The van der Waals surface area contributed by atoms with Crippen LogP contribution >= 0.6 is 0 Å². The van der Waals surface area contributed by atoms with E-state index in [0.29, 0.717) is 52.3 Å². The minimum absolute atomic E-state index is 0.0163. The maximum atomic E-state index is 12.8. The molecule has 6 heterocycles. The van der Waals surface area contributed by atoms with Crippen molar-refractivity contribution in [2.45, 2.75) is 50.6 Å². The number of aryl methyl sites for hydroxylation is 1. The molecule has 3 atom stereocenters. The first kappa shape index (κ1) is 20.0. The van der Waals surface area contributed by atoms with Crippen LogP contribution in [0.4, 0.5) is 5.82 Å². The van der Waals surface area contributed by atoms with Crippen molar-refractivity contribution in [1.82, 2.24) is 34.3 Å². The molecule has 2 bridgehead atoms. The first-order chi connectivity index (χ1) is 19.1. The van der Waals surface area contributed by atoms with Gasteiger partial charge in [-0.15, -0.1) is 0 Å². The Labute approximate surface area is 217 Å². The minimum Gasteiger partial charge on any atom is -0.387 e. The molecular weight excluding hydrogens is 472 g/mol. The topological polar surface area (TPSA) is 145 Å². The third-order valence-corrected chi connectivity index (χ3v) is 7.53. The Hall–Kier alpha value is -4.12. The lowest BCUT2D eigenvalue weighted by Gasteiger charge is -2.39. The number of carbonyl (C=O) groups excluding carboxylic acids is 2. The average Bonchev–Trinajstić information content (AvgIpc) is 3.64. The fourth-order valence-corrected chi connectivity index (χ4v) is 5.95. The van der Waals surface area contributed by atoms with Gasteiger partial charge in [-0.2, -0.15) is 14.7 Å². The Morgan fingerprint density at radius 1 is 1.16 bits per heavy atom. The van der Waals surface area contributed by atoms with Crippen molar-refractivity contribution in [3.8, 4) is 22.5 Å². The number of piperidine rings is 1.